The van der Waals surface area contributed by atoms with Crippen LogP contribution in [-0.4, -0.2) is 18.9 Å². The van der Waals surface area contributed by atoms with Gasteiger partial charge in [-0.15, -0.1) is 0 Å². The summed E-state index contributed by atoms with van der Waals surface area (Å²) >= 11 is 0. The van der Waals surface area contributed by atoms with Crippen LogP contribution in [0.3, 0.4) is 0 Å². The van der Waals surface area contributed by atoms with E-state index >= 15 is 0 Å². The third kappa shape index (κ3) is 3.51. The van der Waals surface area contributed by atoms with Gasteiger partial charge in [-0.3, -0.25) is 9.59 Å². The van der Waals surface area contributed by atoms with Crippen molar-refractivity contribution < 1.29 is 14.3 Å². The predicted octanol–water partition coefficient (Wildman–Crippen LogP) is 3.22. The Kier molecular flexibility index (Phi) is 4.28. The van der Waals surface area contributed by atoms with E-state index in [2.05, 4.69) is 10.6 Å². The molecule has 2 N–H and O–H groups in total. The van der Waals surface area contributed by atoms with Crippen molar-refractivity contribution in [1.82, 2.24) is 0 Å². The van der Waals surface area contributed by atoms with Gasteiger partial charge in [-0.05, 0) is 54.8 Å². The lowest BCUT2D eigenvalue weighted by Gasteiger charge is -2.11. The molecule has 5 nitrogen and oxygen atoms in total. The molecule has 1 heterocycles. The van der Waals surface area contributed by atoms with Crippen LogP contribution < -0.4 is 15.4 Å². The molecule has 0 fully saturated rings. The smallest absolute Gasteiger partial charge is 0.255 e. The van der Waals surface area contributed by atoms with Crippen LogP contribution >= 0.6 is 0 Å². The SMILES string of the molecule is COc1cccc(C(=O)Nc2ccc3c(c2)CCCC(=O)N3)c1. The molecule has 2 aromatic rings. The number of rotatable bonds is 3. The van der Waals surface area contributed by atoms with Gasteiger partial charge in [-0.2, -0.15) is 0 Å². The van der Waals surface area contributed by atoms with E-state index in [0.29, 0.717) is 23.4 Å². The molecule has 0 saturated carbocycles. The largest absolute Gasteiger partial charge is 0.497 e. The number of nitrogens with one attached hydrogen (secondary N) is 2. The van der Waals surface area contributed by atoms with Crippen LogP contribution in [0.1, 0.15) is 28.8 Å². The first-order valence-electron chi connectivity index (χ1n) is 7.54. The summed E-state index contributed by atoms with van der Waals surface area (Å²) in [6, 6.07) is 12.5. The number of hydrogen-bond acceptors (Lipinski definition) is 3. The summed E-state index contributed by atoms with van der Waals surface area (Å²) in [5.41, 5.74) is 3.12. The number of ether oxygens (including phenoxy) is 1. The number of amides is 2. The molecule has 2 aromatic carbocycles. The molecule has 23 heavy (non-hydrogen) atoms. The lowest BCUT2D eigenvalue weighted by atomic mass is 10.1. The molecule has 0 bridgehead atoms. The number of carbonyl (C=O) groups is 2. The van der Waals surface area contributed by atoms with Crippen LogP contribution in [0.5, 0.6) is 5.75 Å². The number of methoxy groups -OCH3 is 1. The number of aryl methyl sites for hydroxylation is 1. The summed E-state index contributed by atoms with van der Waals surface area (Å²) in [4.78, 5) is 23.9. The summed E-state index contributed by atoms with van der Waals surface area (Å²) in [5, 5.41) is 5.77. The summed E-state index contributed by atoms with van der Waals surface area (Å²) in [6.07, 6.45) is 2.16. The summed E-state index contributed by atoms with van der Waals surface area (Å²) in [6.45, 7) is 0. The average Bonchev–Trinajstić information content (AvgIpc) is 2.75. The average molecular weight is 310 g/mol. The molecule has 5 heteroatoms. The minimum Gasteiger partial charge on any atom is -0.497 e. The van der Waals surface area contributed by atoms with Crippen molar-refractivity contribution in [1.29, 1.82) is 0 Å². The van der Waals surface area contributed by atoms with Gasteiger partial charge < -0.3 is 15.4 Å². The lowest BCUT2D eigenvalue weighted by molar-refractivity contribution is -0.116. The number of carbonyl (C=O) groups excluding carboxylic acids is 2. The van der Waals surface area contributed by atoms with Crippen molar-refractivity contribution in [2.24, 2.45) is 0 Å². The van der Waals surface area contributed by atoms with Crippen molar-refractivity contribution in [3.05, 3.63) is 53.6 Å². The van der Waals surface area contributed by atoms with E-state index < -0.39 is 0 Å². The Hall–Kier alpha value is -2.82. The van der Waals surface area contributed by atoms with E-state index in [4.69, 9.17) is 4.74 Å². The monoisotopic (exact) mass is 310 g/mol. The van der Waals surface area contributed by atoms with Gasteiger partial charge >= 0.3 is 0 Å². The molecule has 1 aliphatic heterocycles. The van der Waals surface area contributed by atoms with E-state index in [1.807, 2.05) is 12.1 Å². The Morgan fingerprint density at radius 2 is 2.04 bits per heavy atom. The van der Waals surface area contributed by atoms with Crippen LogP contribution in [0.15, 0.2) is 42.5 Å². The van der Waals surface area contributed by atoms with Crippen molar-refractivity contribution >= 4 is 23.2 Å². The maximum Gasteiger partial charge on any atom is 0.255 e. The van der Waals surface area contributed by atoms with Gasteiger partial charge in [0.25, 0.3) is 5.91 Å². The number of fused-ring (bicyclic) bond motifs is 1. The van der Waals surface area contributed by atoms with E-state index in [-0.39, 0.29) is 11.8 Å². The lowest BCUT2D eigenvalue weighted by Crippen LogP contribution is -2.13. The zero-order chi connectivity index (χ0) is 16.2. The highest BCUT2D eigenvalue weighted by atomic mass is 16.5. The van der Waals surface area contributed by atoms with Crippen molar-refractivity contribution in [2.75, 3.05) is 17.7 Å². The minimum absolute atomic E-state index is 0.0388. The fraction of sp³-hybridized carbons (Fsp3) is 0.222. The Bertz CT molecular complexity index is 756. The quantitative estimate of drug-likeness (QED) is 0.914. The second kappa shape index (κ2) is 6.52. The Morgan fingerprint density at radius 1 is 1.17 bits per heavy atom. The second-order valence-electron chi connectivity index (χ2n) is 5.46. The molecule has 0 radical (unpaired) electrons. The fourth-order valence-corrected chi connectivity index (χ4v) is 2.62. The highest BCUT2D eigenvalue weighted by Gasteiger charge is 2.14. The Balaban J connectivity index is 1.79. The summed E-state index contributed by atoms with van der Waals surface area (Å²) < 4.78 is 5.13. The van der Waals surface area contributed by atoms with Gasteiger partial charge in [0.05, 0.1) is 7.11 Å². The molecule has 1 aliphatic rings. The molecule has 0 unspecified atom stereocenters. The van der Waals surface area contributed by atoms with Gasteiger partial charge in [0.1, 0.15) is 5.75 Å². The predicted molar refractivity (Wildman–Crippen MR) is 89.0 cm³/mol. The molecule has 3 rings (SSSR count). The standard InChI is InChI=1S/C18H18N2O3/c1-23-15-6-2-5-13(11-15)18(22)19-14-8-9-16-12(10-14)4-3-7-17(21)20-16/h2,5-6,8-11H,3-4,7H2,1H3,(H,19,22)(H,20,21). The molecule has 2 amide bonds. The van der Waals surface area contributed by atoms with Crippen molar-refractivity contribution in [3.63, 3.8) is 0 Å². The molecule has 0 spiro atoms. The third-order valence-electron chi connectivity index (χ3n) is 3.82. The van der Waals surface area contributed by atoms with E-state index in [1.54, 1.807) is 37.4 Å². The van der Waals surface area contributed by atoms with Crippen LogP contribution in [0.2, 0.25) is 0 Å². The third-order valence-corrected chi connectivity index (χ3v) is 3.82. The van der Waals surface area contributed by atoms with Gasteiger partial charge in [0, 0.05) is 23.4 Å². The zero-order valence-corrected chi connectivity index (χ0v) is 12.9. The van der Waals surface area contributed by atoms with Crippen LogP contribution in [-0.2, 0) is 11.2 Å². The van der Waals surface area contributed by atoms with Gasteiger partial charge in [-0.25, -0.2) is 0 Å². The van der Waals surface area contributed by atoms with Crippen molar-refractivity contribution in [3.8, 4) is 5.75 Å². The molecule has 0 atom stereocenters. The molecule has 118 valence electrons. The first kappa shape index (κ1) is 15.1. The topological polar surface area (TPSA) is 67.4 Å². The number of benzene rings is 2. The first-order chi connectivity index (χ1) is 11.2. The van der Waals surface area contributed by atoms with E-state index in [9.17, 15) is 9.59 Å². The highest BCUT2D eigenvalue weighted by Crippen LogP contribution is 2.25. The zero-order valence-electron chi connectivity index (χ0n) is 12.9. The number of anilines is 2. The first-order valence-corrected chi connectivity index (χ1v) is 7.54. The second-order valence-corrected chi connectivity index (χ2v) is 5.46. The fourth-order valence-electron chi connectivity index (χ4n) is 2.62. The summed E-state index contributed by atoms with van der Waals surface area (Å²) in [5.74, 6) is 0.487. The normalized spacial score (nSPS) is 13.5. The number of hydrogen-bond donors (Lipinski definition) is 2. The highest BCUT2D eigenvalue weighted by molar-refractivity contribution is 6.04. The van der Waals surface area contributed by atoms with Crippen LogP contribution in [0.4, 0.5) is 11.4 Å². The van der Waals surface area contributed by atoms with Gasteiger partial charge in [-0.1, -0.05) is 6.07 Å². The molecule has 0 saturated heterocycles. The Labute approximate surface area is 134 Å². The van der Waals surface area contributed by atoms with Gasteiger partial charge in [0.15, 0.2) is 0 Å². The summed E-state index contributed by atoms with van der Waals surface area (Å²) in [7, 11) is 1.57. The molecular formula is C18H18N2O3. The van der Waals surface area contributed by atoms with E-state index in [1.165, 1.54) is 0 Å². The van der Waals surface area contributed by atoms with E-state index in [0.717, 1.165) is 24.1 Å². The van der Waals surface area contributed by atoms with Crippen LogP contribution in [0.25, 0.3) is 0 Å². The maximum absolute atomic E-state index is 12.3. The maximum atomic E-state index is 12.3. The molecular weight excluding hydrogens is 292 g/mol. The van der Waals surface area contributed by atoms with Crippen LogP contribution in [0, 0.1) is 0 Å². The van der Waals surface area contributed by atoms with Gasteiger partial charge in [0.2, 0.25) is 5.91 Å². The molecule has 0 aromatic heterocycles. The van der Waals surface area contributed by atoms with Crippen molar-refractivity contribution in [2.45, 2.75) is 19.3 Å². The molecule has 0 aliphatic carbocycles. The Morgan fingerprint density at radius 3 is 2.87 bits per heavy atom. The minimum atomic E-state index is -0.193.